The first-order valence-corrected chi connectivity index (χ1v) is 12.0. The number of nitrogens with two attached hydrogens (primary N) is 1. The van der Waals surface area contributed by atoms with Crippen molar-refractivity contribution < 1.29 is 23.5 Å². The number of amides is 2. The number of thioether (sulfide) groups is 1. The molecule has 4 rings (SSSR count). The molecule has 0 radical (unpaired) electrons. The van der Waals surface area contributed by atoms with Gasteiger partial charge in [-0.05, 0) is 49.4 Å². The first-order valence-electron chi connectivity index (χ1n) is 10.2. The average molecular weight is 489 g/mol. The molecule has 0 atom stereocenters. The van der Waals surface area contributed by atoms with Crippen molar-refractivity contribution in [2.75, 3.05) is 17.7 Å². The van der Waals surface area contributed by atoms with E-state index < -0.39 is 24.4 Å². The first kappa shape index (κ1) is 23.0. The van der Waals surface area contributed by atoms with Gasteiger partial charge < -0.3 is 15.8 Å². The van der Waals surface area contributed by atoms with Crippen molar-refractivity contribution in [3.05, 3.63) is 58.5 Å². The van der Waals surface area contributed by atoms with E-state index >= 15 is 0 Å². The normalized spacial score (nSPS) is 12.8. The van der Waals surface area contributed by atoms with Crippen LogP contribution in [0.25, 0.3) is 5.69 Å². The molecular weight excluding hydrogens is 467 g/mol. The predicted molar refractivity (Wildman–Crippen MR) is 123 cm³/mol. The maximum Gasteiger partial charge on any atom is 0.316 e. The van der Waals surface area contributed by atoms with E-state index in [4.69, 9.17) is 10.5 Å². The molecule has 0 bridgehead atoms. The number of carbonyl (C=O) groups is 3. The zero-order valence-corrected chi connectivity index (χ0v) is 19.1. The summed E-state index contributed by atoms with van der Waals surface area (Å²) in [7, 11) is 0. The number of carbonyl (C=O) groups excluding carboxylic acids is 3. The topological polar surface area (TPSA) is 116 Å². The monoisotopic (exact) mass is 488 g/mol. The summed E-state index contributed by atoms with van der Waals surface area (Å²) < 4.78 is 20.2. The van der Waals surface area contributed by atoms with E-state index in [2.05, 4.69) is 10.3 Å². The summed E-state index contributed by atoms with van der Waals surface area (Å²) in [6.45, 7) is -0.488. The fourth-order valence-electron chi connectivity index (χ4n) is 3.61. The number of ether oxygens (including phenoxy) is 1. The number of rotatable bonds is 8. The number of aromatic nitrogens is 2. The van der Waals surface area contributed by atoms with Gasteiger partial charge in [-0.15, -0.1) is 11.3 Å². The molecule has 0 unspecified atom stereocenters. The first-order chi connectivity index (χ1) is 15.9. The van der Waals surface area contributed by atoms with Crippen LogP contribution in [0.4, 0.5) is 9.39 Å². The van der Waals surface area contributed by atoms with Crippen LogP contribution in [-0.4, -0.2) is 39.7 Å². The van der Waals surface area contributed by atoms with Gasteiger partial charge in [0.1, 0.15) is 10.8 Å². The number of aryl methyl sites for hydroxylation is 1. The molecular formula is C22H21FN4O4S2. The summed E-state index contributed by atoms with van der Waals surface area (Å²) in [6.07, 6.45) is 6.83. The van der Waals surface area contributed by atoms with Gasteiger partial charge in [-0.2, -0.15) is 0 Å². The Morgan fingerprint density at radius 3 is 2.88 bits per heavy atom. The fourth-order valence-corrected chi connectivity index (χ4v) is 5.69. The second-order valence-corrected chi connectivity index (χ2v) is 9.38. The molecule has 1 aliphatic rings. The smallest absolute Gasteiger partial charge is 0.316 e. The number of nitrogens with one attached hydrogen (secondary N) is 1. The summed E-state index contributed by atoms with van der Waals surface area (Å²) in [4.78, 5) is 41.6. The zero-order chi connectivity index (χ0) is 23.4. The number of hydrogen-bond acceptors (Lipinski definition) is 7. The third-order valence-corrected chi connectivity index (χ3v) is 7.19. The van der Waals surface area contributed by atoms with Crippen LogP contribution < -0.4 is 11.1 Å². The Balaban J connectivity index is 1.31. The van der Waals surface area contributed by atoms with Crippen LogP contribution in [0.15, 0.2) is 41.8 Å². The molecule has 172 valence electrons. The lowest BCUT2D eigenvalue weighted by atomic mass is 9.95. The highest BCUT2D eigenvalue weighted by molar-refractivity contribution is 7.99. The number of hydrogen-bond donors (Lipinski definition) is 2. The molecule has 33 heavy (non-hydrogen) atoms. The van der Waals surface area contributed by atoms with Crippen molar-refractivity contribution in [2.45, 2.75) is 30.8 Å². The van der Waals surface area contributed by atoms with E-state index in [0.717, 1.165) is 47.9 Å². The van der Waals surface area contributed by atoms with Gasteiger partial charge in [-0.25, -0.2) is 9.37 Å². The third kappa shape index (κ3) is 5.42. The Hall–Kier alpha value is -3.18. The van der Waals surface area contributed by atoms with Crippen molar-refractivity contribution in [2.24, 2.45) is 5.73 Å². The molecule has 11 heteroatoms. The number of benzene rings is 1. The fraction of sp³-hybridized carbons (Fsp3) is 0.273. The second kappa shape index (κ2) is 10.2. The number of imidazole rings is 1. The second-order valence-electron chi connectivity index (χ2n) is 7.34. The van der Waals surface area contributed by atoms with Crippen LogP contribution in [0.5, 0.6) is 0 Å². The number of esters is 1. The summed E-state index contributed by atoms with van der Waals surface area (Å²) in [5.74, 6) is -2.19. The quantitative estimate of drug-likeness (QED) is 0.371. The lowest BCUT2D eigenvalue weighted by Crippen LogP contribution is -2.23. The van der Waals surface area contributed by atoms with E-state index in [1.54, 1.807) is 29.1 Å². The molecule has 1 aliphatic carbocycles. The molecule has 2 aromatic heterocycles. The van der Waals surface area contributed by atoms with Crippen LogP contribution in [0.1, 0.15) is 33.6 Å². The van der Waals surface area contributed by atoms with Gasteiger partial charge in [0, 0.05) is 17.3 Å². The van der Waals surface area contributed by atoms with Crippen LogP contribution in [0, 0.1) is 5.82 Å². The Morgan fingerprint density at radius 1 is 1.27 bits per heavy atom. The van der Waals surface area contributed by atoms with Crippen LogP contribution in [-0.2, 0) is 27.2 Å². The van der Waals surface area contributed by atoms with Gasteiger partial charge in [0.05, 0.1) is 17.0 Å². The Morgan fingerprint density at radius 2 is 2.09 bits per heavy atom. The average Bonchev–Trinajstić information content (AvgIpc) is 3.40. The minimum Gasteiger partial charge on any atom is -0.455 e. The Bertz CT molecular complexity index is 1210. The largest absolute Gasteiger partial charge is 0.455 e. The van der Waals surface area contributed by atoms with Crippen molar-refractivity contribution in [3.63, 3.8) is 0 Å². The number of thiophene rings is 1. The molecule has 0 spiro atoms. The number of primary amides is 1. The molecule has 3 aromatic rings. The van der Waals surface area contributed by atoms with Crippen molar-refractivity contribution in [1.29, 1.82) is 0 Å². The molecule has 2 amide bonds. The van der Waals surface area contributed by atoms with Gasteiger partial charge in [0.2, 0.25) is 0 Å². The van der Waals surface area contributed by atoms with Gasteiger partial charge in [-0.1, -0.05) is 17.8 Å². The van der Waals surface area contributed by atoms with Gasteiger partial charge >= 0.3 is 5.97 Å². The molecule has 0 fully saturated rings. The van der Waals surface area contributed by atoms with E-state index in [1.807, 2.05) is 0 Å². The van der Waals surface area contributed by atoms with Gasteiger partial charge in [0.15, 0.2) is 11.8 Å². The maximum atomic E-state index is 13.5. The summed E-state index contributed by atoms with van der Waals surface area (Å²) >= 11 is 2.45. The van der Waals surface area contributed by atoms with E-state index in [-0.39, 0.29) is 11.6 Å². The minimum absolute atomic E-state index is 0.0839. The Labute approximate surface area is 197 Å². The van der Waals surface area contributed by atoms with Crippen molar-refractivity contribution >= 4 is 45.9 Å². The van der Waals surface area contributed by atoms with Crippen molar-refractivity contribution in [3.8, 4) is 5.69 Å². The summed E-state index contributed by atoms with van der Waals surface area (Å²) in [5, 5.41) is 3.54. The molecule has 3 N–H and O–H groups in total. The lowest BCUT2D eigenvalue weighted by molar-refractivity contribution is -0.144. The predicted octanol–water partition coefficient (Wildman–Crippen LogP) is 3.32. The number of halogens is 1. The third-order valence-electron chi connectivity index (χ3n) is 5.05. The van der Waals surface area contributed by atoms with Crippen molar-refractivity contribution in [1.82, 2.24) is 9.55 Å². The standard InChI is InChI=1S/C22H21FN4O4S2/c23-13-4-3-5-14(10-13)27-9-8-25-22(27)32-12-18(29)31-11-17(28)26-21-19(20(24)30)15-6-1-2-7-16(15)33-21/h3-5,8-10H,1-2,6-7,11-12H2,(H2,24,30)(H,26,28). The molecule has 1 aromatic carbocycles. The number of fused-ring (bicyclic) bond motifs is 1. The molecule has 0 saturated carbocycles. The highest BCUT2D eigenvalue weighted by Gasteiger charge is 2.25. The minimum atomic E-state index is -0.607. The van der Waals surface area contributed by atoms with Crippen LogP contribution >= 0.6 is 23.1 Å². The number of nitrogens with zero attached hydrogens (tertiary/aromatic N) is 2. The molecule has 0 saturated heterocycles. The van der Waals surface area contributed by atoms with Gasteiger partial charge in [-0.3, -0.25) is 19.0 Å². The number of anilines is 1. The molecule has 0 aliphatic heterocycles. The maximum absolute atomic E-state index is 13.5. The summed E-state index contributed by atoms with van der Waals surface area (Å²) in [5.41, 5.74) is 7.37. The lowest BCUT2D eigenvalue weighted by Gasteiger charge is -2.11. The van der Waals surface area contributed by atoms with E-state index in [1.165, 1.54) is 23.5 Å². The SMILES string of the molecule is NC(=O)c1c(NC(=O)COC(=O)CSc2nccn2-c2cccc(F)c2)sc2c1CCCC2. The van der Waals surface area contributed by atoms with Gasteiger partial charge in [0.25, 0.3) is 11.8 Å². The highest BCUT2D eigenvalue weighted by Crippen LogP contribution is 2.37. The Kier molecular flexibility index (Phi) is 7.09. The molecule has 8 nitrogen and oxygen atoms in total. The molecule has 2 heterocycles. The van der Waals surface area contributed by atoms with E-state index in [9.17, 15) is 18.8 Å². The van der Waals surface area contributed by atoms with E-state index in [0.29, 0.717) is 21.4 Å². The van der Waals surface area contributed by atoms with Crippen LogP contribution in [0.2, 0.25) is 0 Å². The zero-order valence-electron chi connectivity index (χ0n) is 17.5. The summed E-state index contributed by atoms with van der Waals surface area (Å²) in [6, 6.07) is 6.00. The van der Waals surface area contributed by atoms with Crippen LogP contribution in [0.3, 0.4) is 0 Å². The highest BCUT2D eigenvalue weighted by atomic mass is 32.2.